The van der Waals surface area contributed by atoms with Gasteiger partial charge < -0.3 is 4.84 Å². The third-order valence-electron chi connectivity index (χ3n) is 3.20. The van der Waals surface area contributed by atoms with Crippen molar-refractivity contribution in [1.29, 1.82) is 0 Å². The zero-order valence-electron chi connectivity index (χ0n) is 11.5. The minimum absolute atomic E-state index is 0.0226. The Morgan fingerprint density at radius 3 is 2.32 bits per heavy atom. The van der Waals surface area contributed by atoms with E-state index in [-0.39, 0.29) is 4.48 Å². The maximum Gasteiger partial charge on any atom is 0.393 e. The number of hydrogen-bond acceptors (Lipinski definition) is 7. The van der Waals surface area contributed by atoms with Crippen molar-refractivity contribution in [2.45, 2.75) is 25.7 Å². The van der Waals surface area contributed by atoms with Crippen LogP contribution in [0.3, 0.4) is 0 Å². The second-order valence-corrected chi connectivity index (χ2v) is 5.66. The van der Waals surface area contributed by atoms with Gasteiger partial charge in [-0.1, -0.05) is 0 Å². The van der Waals surface area contributed by atoms with E-state index >= 15 is 0 Å². The molecule has 0 aromatic heterocycles. The minimum atomic E-state index is -1.03. The number of imide groups is 3. The van der Waals surface area contributed by atoms with Gasteiger partial charge in [-0.05, 0) is 28.8 Å². The first-order chi connectivity index (χ1) is 10.4. The number of nitrogens with zero attached hydrogens (tertiary/aromatic N) is 2. The monoisotopic (exact) mass is 372 g/mol. The van der Waals surface area contributed by atoms with Crippen molar-refractivity contribution in [3.05, 3.63) is 10.6 Å². The highest BCUT2D eigenvalue weighted by atomic mass is 79.9. The van der Waals surface area contributed by atoms with E-state index in [1.165, 1.54) is 5.06 Å². The van der Waals surface area contributed by atoms with Crippen molar-refractivity contribution in [1.82, 2.24) is 9.96 Å². The van der Waals surface area contributed by atoms with Crippen molar-refractivity contribution in [3.8, 4) is 0 Å². The van der Waals surface area contributed by atoms with Gasteiger partial charge in [-0.15, -0.1) is 5.06 Å². The number of carbonyl (C=O) groups is 5. The summed E-state index contributed by atoms with van der Waals surface area (Å²) in [6.07, 6.45) is 1.92. The fourth-order valence-electron chi connectivity index (χ4n) is 2.06. The lowest BCUT2D eigenvalue weighted by Crippen LogP contribution is -2.37. The van der Waals surface area contributed by atoms with E-state index in [9.17, 15) is 24.0 Å². The molecule has 2 rings (SSSR count). The molecule has 0 N–H and O–H groups in total. The van der Waals surface area contributed by atoms with Crippen LogP contribution < -0.4 is 0 Å². The van der Waals surface area contributed by atoms with E-state index in [1.807, 2.05) is 0 Å². The van der Waals surface area contributed by atoms with Gasteiger partial charge in [-0.3, -0.25) is 19.2 Å². The Morgan fingerprint density at radius 2 is 1.77 bits per heavy atom. The molecule has 0 saturated carbocycles. The smallest absolute Gasteiger partial charge is 0.362 e. The summed E-state index contributed by atoms with van der Waals surface area (Å²) in [7, 11) is 0. The molecular formula is C13H13BrN2O6. The topological polar surface area (TPSA) is 101 Å². The van der Waals surface area contributed by atoms with Crippen LogP contribution in [0.2, 0.25) is 0 Å². The number of ketones is 1. The number of hydrogen-bond donors (Lipinski definition) is 0. The molecule has 1 fully saturated rings. The van der Waals surface area contributed by atoms with Crippen molar-refractivity contribution in [2.75, 3.05) is 13.1 Å². The predicted molar refractivity (Wildman–Crippen MR) is 75.0 cm³/mol. The molecule has 0 radical (unpaired) electrons. The third-order valence-corrected chi connectivity index (χ3v) is 3.77. The zero-order chi connectivity index (χ0) is 16.3. The number of hydroxylamine groups is 2. The lowest BCUT2D eigenvalue weighted by atomic mass is 10.2. The molecule has 0 aromatic carbocycles. The first-order valence-electron chi connectivity index (χ1n) is 6.68. The molecule has 3 amide bonds. The maximum absolute atomic E-state index is 11.8. The summed E-state index contributed by atoms with van der Waals surface area (Å²) in [4.78, 5) is 63.2. The summed E-state index contributed by atoms with van der Waals surface area (Å²) in [6.45, 7) is 1.16. The second-order valence-electron chi connectivity index (χ2n) is 4.80. The van der Waals surface area contributed by atoms with Crippen molar-refractivity contribution < 1.29 is 28.8 Å². The number of Topliss-reactive ketones (excluding diaryl/α,β-unsaturated/α-hetero) is 1. The zero-order valence-corrected chi connectivity index (χ0v) is 13.1. The van der Waals surface area contributed by atoms with Gasteiger partial charge in [0.05, 0.1) is 4.48 Å². The summed E-state index contributed by atoms with van der Waals surface area (Å²) in [5, 5.41) is 1.40. The van der Waals surface area contributed by atoms with Crippen LogP contribution in [0.1, 0.15) is 25.7 Å². The Labute approximate surface area is 134 Å². The average molecular weight is 373 g/mol. The number of carbonyl (C=O) groups excluding carboxylic acids is 5. The van der Waals surface area contributed by atoms with E-state index in [4.69, 9.17) is 4.84 Å². The van der Waals surface area contributed by atoms with Crippen LogP contribution in [0.4, 0.5) is 0 Å². The molecule has 118 valence electrons. The summed E-state index contributed by atoms with van der Waals surface area (Å²) < 4.78 is -0.0226. The Hall–Kier alpha value is -1.87. The highest BCUT2D eigenvalue weighted by Crippen LogP contribution is 2.19. The van der Waals surface area contributed by atoms with Crippen LogP contribution in [0.5, 0.6) is 0 Å². The number of amides is 3. The van der Waals surface area contributed by atoms with Crippen molar-refractivity contribution >= 4 is 45.4 Å². The summed E-state index contributed by atoms with van der Waals surface area (Å²) in [5.41, 5.74) is 0. The normalized spacial score (nSPS) is 18.6. The first kappa shape index (κ1) is 16.5. The van der Waals surface area contributed by atoms with Crippen LogP contribution in [0.25, 0.3) is 0 Å². The van der Waals surface area contributed by atoms with Gasteiger partial charge in [0.2, 0.25) is 11.7 Å². The van der Waals surface area contributed by atoms with Crippen molar-refractivity contribution in [2.24, 2.45) is 0 Å². The fourth-order valence-corrected chi connectivity index (χ4v) is 2.43. The predicted octanol–water partition coefficient (Wildman–Crippen LogP) is 0.0639. The molecule has 2 aliphatic rings. The van der Waals surface area contributed by atoms with Gasteiger partial charge in [0, 0.05) is 32.0 Å². The van der Waals surface area contributed by atoms with E-state index in [0.717, 1.165) is 18.9 Å². The highest BCUT2D eigenvalue weighted by Gasteiger charge is 2.35. The molecule has 0 bridgehead atoms. The summed E-state index contributed by atoms with van der Waals surface area (Å²) in [6, 6.07) is 0. The molecule has 0 spiro atoms. The van der Waals surface area contributed by atoms with Gasteiger partial charge in [0.1, 0.15) is 0 Å². The molecule has 1 saturated heterocycles. The summed E-state index contributed by atoms with van der Waals surface area (Å²) in [5.74, 6) is -4.28. The SMILES string of the molecule is O=C(CCC(=O)N1C(=O)C=C(Br)C1=O)C(=O)ON1CCCC1. The Balaban J connectivity index is 1.80. The Morgan fingerprint density at radius 1 is 1.14 bits per heavy atom. The van der Waals surface area contributed by atoms with Crippen LogP contribution in [0.15, 0.2) is 10.6 Å². The maximum atomic E-state index is 11.8. The van der Waals surface area contributed by atoms with Gasteiger partial charge in [-0.25, -0.2) is 9.69 Å². The third kappa shape index (κ3) is 3.66. The van der Waals surface area contributed by atoms with E-state index < -0.39 is 42.3 Å². The van der Waals surface area contributed by atoms with Crippen LogP contribution in [0, 0.1) is 0 Å². The molecule has 2 heterocycles. The average Bonchev–Trinajstić information content (AvgIpc) is 3.05. The van der Waals surface area contributed by atoms with Gasteiger partial charge in [0.25, 0.3) is 11.8 Å². The highest BCUT2D eigenvalue weighted by molar-refractivity contribution is 9.12. The molecule has 0 aliphatic carbocycles. The molecule has 2 aliphatic heterocycles. The van der Waals surface area contributed by atoms with Crippen LogP contribution >= 0.6 is 15.9 Å². The molecule has 8 nitrogen and oxygen atoms in total. The molecule has 0 aromatic rings. The van der Waals surface area contributed by atoms with E-state index in [0.29, 0.717) is 18.0 Å². The molecular weight excluding hydrogens is 360 g/mol. The second kappa shape index (κ2) is 6.93. The molecule has 9 heteroatoms. The Bertz CT molecular complexity index is 579. The molecule has 0 atom stereocenters. The minimum Gasteiger partial charge on any atom is -0.362 e. The van der Waals surface area contributed by atoms with Crippen LogP contribution in [-0.4, -0.2) is 52.5 Å². The summed E-state index contributed by atoms with van der Waals surface area (Å²) >= 11 is 2.86. The van der Waals surface area contributed by atoms with Crippen LogP contribution in [-0.2, 0) is 28.8 Å². The lowest BCUT2D eigenvalue weighted by Gasteiger charge is -2.14. The van der Waals surface area contributed by atoms with Gasteiger partial charge in [-0.2, -0.15) is 0 Å². The first-order valence-corrected chi connectivity index (χ1v) is 7.48. The lowest BCUT2D eigenvalue weighted by molar-refractivity contribution is -0.187. The number of rotatable bonds is 5. The fraction of sp³-hybridized carbons (Fsp3) is 0.462. The van der Waals surface area contributed by atoms with Gasteiger partial charge >= 0.3 is 5.97 Å². The quantitative estimate of drug-likeness (QED) is 0.496. The van der Waals surface area contributed by atoms with E-state index in [2.05, 4.69) is 15.9 Å². The standard InChI is InChI=1S/C13H13BrN2O6/c14-8-7-11(19)16(12(8)20)10(18)4-3-9(17)13(21)22-15-5-1-2-6-15/h7H,1-6H2. The Kier molecular flexibility index (Phi) is 5.19. The molecule has 22 heavy (non-hydrogen) atoms. The number of halogens is 1. The van der Waals surface area contributed by atoms with E-state index in [1.54, 1.807) is 0 Å². The molecule has 0 unspecified atom stereocenters. The van der Waals surface area contributed by atoms with Crippen molar-refractivity contribution in [3.63, 3.8) is 0 Å². The largest absolute Gasteiger partial charge is 0.393 e. The van der Waals surface area contributed by atoms with Gasteiger partial charge in [0.15, 0.2) is 0 Å².